The van der Waals surface area contributed by atoms with Crippen LogP contribution in [0.2, 0.25) is 10.0 Å². The van der Waals surface area contributed by atoms with Crippen molar-refractivity contribution in [3.05, 3.63) is 119 Å². The molecule has 2 heterocycles. The van der Waals surface area contributed by atoms with Crippen LogP contribution in [0.25, 0.3) is 6.08 Å². The number of halogens is 4. The van der Waals surface area contributed by atoms with E-state index in [0.717, 1.165) is 24.0 Å². The molecule has 1 aromatic heterocycles. The average Bonchev–Trinajstić information content (AvgIpc) is 3.26. The Morgan fingerprint density at radius 3 is 2.49 bits per heavy atom. The predicted molar refractivity (Wildman–Crippen MR) is 195 cm³/mol. The highest BCUT2D eigenvalue weighted by atomic mass is 127. The van der Waals surface area contributed by atoms with E-state index in [2.05, 4.69) is 45.2 Å². The monoisotopic (exact) mass is 888 g/mol. The average molecular weight is 889 g/mol. The molecule has 0 aliphatic carbocycles. The number of para-hydroxylation sites is 1. The molecule has 0 N–H and O–H groups in total. The van der Waals surface area contributed by atoms with Crippen molar-refractivity contribution in [2.24, 2.45) is 4.99 Å². The second-order valence-electron chi connectivity index (χ2n) is 10.3. The van der Waals surface area contributed by atoms with Crippen molar-refractivity contribution in [3.63, 3.8) is 0 Å². The lowest BCUT2D eigenvalue weighted by Gasteiger charge is -2.26. The van der Waals surface area contributed by atoms with Crippen molar-refractivity contribution in [2.45, 2.75) is 46.4 Å². The highest BCUT2D eigenvalue weighted by Crippen LogP contribution is 2.36. The molecule has 0 radical (unpaired) electrons. The second kappa shape index (κ2) is 14.6. The Labute approximate surface area is 301 Å². The molecule has 0 saturated heterocycles. The number of thiazole rings is 1. The van der Waals surface area contributed by atoms with Gasteiger partial charge >= 0.3 is 5.97 Å². The Bertz CT molecular complexity index is 1980. The first kappa shape index (κ1) is 34.0. The molecule has 0 spiro atoms. The number of hydrogen-bond acceptors (Lipinski definition) is 7. The maximum Gasteiger partial charge on any atom is 0.338 e. The maximum absolute atomic E-state index is 14.1. The Balaban J connectivity index is 1.58. The van der Waals surface area contributed by atoms with E-state index in [4.69, 9.17) is 42.4 Å². The summed E-state index contributed by atoms with van der Waals surface area (Å²) in [5, 5.41) is 1.10. The smallest absolute Gasteiger partial charge is 0.338 e. The number of hydrogen-bond donors (Lipinski definition) is 0. The fourth-order valence-corrected chi connectivity index (χ4v) is 8.53. The zero-order valence-electron chi connectivity index (χ0n) is 24.7. The minimum absolute atomic E-state index is 0.113. The van der Waals surface area contributed by atoms with Crippen LogP contribution in [0.5, 0.6) is 11.5 Å². The molecule has 45 heavy (non-hydrogen) atoms. The molecule has 7 nitrogen and oxygen atoms in total. The first-order valence-corrected chi connectivity index (χ1v) is 17.7. The zero-order valence-corrected chi connectivity index (χ0v) is 31.3. The van der Waals surface area contributed by atoms with Gasteiger partial charge in [0.1, 0.15) is 24.1 Å². The molecule has 1 aliphatic rings. The van der Waals surface area contributed by atoms with Crippen LogP contribution in [-0.2, 0) is 16.1 Å². The van der Waals surface area contributed by atoms with Crippen LogP contribution in [0, 0.1) is 7.14 Å². The highest BCUT2D eigenvalue weighted by Gasteiger charge is 2.35. The van der Waals surface area contributed by atoms with Gasteiger partial charge in [-0.05, 0) is 115 Å². The molecule has 0 unspecified atom stereocenters. The summed E-state index contributed by atoms with van der Waals surface area (Å²) in [6.45, 7) is 7.86. The van der Waals surface area contributed by atoms with Crippen LogP contribution in [0.4, 0.5) is 0 Å². The van der Waals surface area contributed by atoms with Crippen LogP contribution in [0.3, 0.4) is 0 Å². The molecule has 3 aromatic carbocycles. The van der Waals surface area contributed by atoms with Gasteiger partial charge < -0.3 is 14.2 Å². The van der Waals surface area contributed by atoms with Crippen LogP contribution >= 0.6 is 79.7 Å². The Hall–Kier alpha value is -2.39. The molecule has 0 saturated carbocycles. The molecule has 0 fully saturated rings. The Kier molecular flexibility index (Phi) is 11.0. The van der Waals surface area contributed by atoms with Crippen molar-refractivity contribution < 1.29 is 19.0 Å². The maximum atomic E-state index is 14.1. The van der Waals surface area contributed by atoms with Gasteiger partial charge in [-0.2, -0.15) is 0 Å². The van der Waals surface area contributed by atoms with Crippen molar-refractivity contribution in [1.82, 2.24) is 4.57 Å². The lowest BCUT2D eigenvalue weighted by molar-refractivity contribution is -0.139. The number of rotatable bonds is 9. The summed E-state index contributed by atoms with van der Waals surface area (Å²) in [5.74, 6) is 0.789. The molecular weight excluding hydrogens is 861 g/mol. The molecule has 5 rings (SSSR count). The van der Waals surface area contributed by atoms with Crippen LogP contribution in [-0.4, -0.2) is 23.2 Å². The van der Waals surface area contributed by atoms with Crippen molar-refractivity contribution in [2.75, 3.05) is 6.61 Å². The summed E-state index contributed by atoms with van der Waals surface area (Å²) < 4.78 is 21.5. The third kappa shape index (κ3) is 7.45. The number of ether oxygens (including phenoxy) is 3. The molecular formula is C33H28Cl2I2N2O5S. The first-order chi connectivity index (χ1) is 21.5. The van der Waals surface area contributed by atoms with Gasteiger partial charge in [-0.25, -0.2) is 9.79 Å². The van der Waals surface area contributed by atoms with Gasteiger partial charge in [0.05, 0.1) is 35.7 Å². The number of benzene rings is 3. The number of nitrogens with zero attached hydrogens (tertiary/aromatic N) is 2. The van der Waals surface area contributed by atoms with Gasteiger partial charge in [0, 0.05) is 21.2 Å². The summed E-state index contributed by atoms with van der Waals surface area (Å²) in [7, 11) is 0. The minimum atomic E-state index is -0.770. The SMILES string of the molecule is CCOC(=O)C1=C(C)N=c2s/c(=C/c3cc(I)c(OCc4ccc(Cl)cc4Cl)c(I)c3)c(=O)n2[C@H]1c1ccccc1OC(C)C. The standard InChI is InChI=1S/C33H28Cl2I2N2O5S/c1-5-42-32(41)28-18(4)38-33-39(29(28)22-8-6-7-9-26(22)44-17(2)3)31(40)27(45-33)14-19-12-24(36)30(25(37)13-19)43-16-20-10-11-21(34)15-23(20)35/h6-15,17,29H,5,16H2,1-4H3/b27-14+/t29-/m0/s1. The number of fused-ring (bicyclic) bond motifs is 1. The number of allylic oxidation sites excluding steroid dienone is 1. The fourth-order valence-electron chi connectivity index (χ4n) is 4.89. The molecule has 0 amide bonds. The molecule has 1 aliphatic heterocycles. The summed E-state index contributed by atoms with van der Waals surface area (Å²) in [6, 6.07) is 15.9. The van der Waals surface area contributed by atoms with Crippen LogP contribution in [0.15, 0.2) is 75.7 Å². The molecule has 12 heteroatoms. The molecule has 1 atom stereocenters. The third-order valence-corrected chi connectivity index (χ3v) is 9.97. The zero-order chi connectivity index (χ0) is 32.4. The summed E-state index contributed by atoms with van der Waals surface area (Å²) in [5.41, 5.74) is 2.87. The van der Waals surface area contributed by atoms with Crippen LogP contribution in [0.1, 0.15) is 50.4 Å². The minimum Gasteiger partial charge on any atom is -0.491 e. The number of carbonyl (C=O) groups is 1. The summed E-state index contributed by atoms with van der Waals surface area (Å²) >= 11 is 18.1. The van der Waals surface area contributed by atoms with E-state index in [9.17, 15) is 9.59 Å². The lowest BCUT2D eigenvalue weighted by Crippen LogP contribution is -2.40. The first-order valence-electron chi connectivity index (χ1n) is 14.0. The van der Waals surface area contributed by atoms with E-state index in [1.165, 1.54) is 11.3 Å². The van der Waals surface area contributed by atoms with Gasteiger partial charge in [-0.3, -0.25) is 9.36 Å². The summed E-state index contributed by atoms with van der Waals surface area (Å²) in [4.78, 5) is 32.6. The van der Waals surface area contributed by atoms with E-state index in [0.29, 0.717) is 42.0 Å². The van der Waals surface area contributed by atoms with E-state index >= 15 is 0 Å². The van der Waals surface area contributed by atoms with Crippen molar-refractivity contribution in [3.8, 4) is 11.5 Å². The summed E-state index contributed by atoms with van der Waals surface area (Å²) in [6.07, 6.45) is 1.73. The number of aromatic nitrogens is 1. The normalized spacial score (nSPS) is 14.8. The molecule has 234 valence electrons. The fraction of sp³-hybridized carbons (Fsp3) is 0.242. The second-order valence-corrected chi connectivity index (χ2v) is 14.5. The van der Waals surface area contributed by atoms with Crippen LogP contribution < -0.4 is 24.4 Å². The quantitative estimate of drug-likeness (QED) is 0.127. The number of esters is 1. The van der Waals surface area contributed by atoms with E-state index in [1.807, 2.05) is 62.4 Å². The van der Waals surface area contributed by atoms with Crippen molar-refractivity contribution >= 4 is 91.8 Å². The highest BCUT2D eigenvalue weighted by molar-refractivity contribution is 14.1. The predicted octanol–water partition coefficient (Wildman–Crippen LogP) is 7.68. The lowest BCUT2D eigenvalue weighted by atomic mass is 9.95. The Morgan fingerprint density at radius 2 is 1.82 bits per heavy atom. The van der Waals surface area contributed by atoms with Gasteiger partial charge in [-0.15, -0.1) is 0 Å². The molecule has 4 aromatic rings. The van der Waals surface area contributed by atoms with Gasteiger partial charge in [0.25, 0.3) is 5.56 Å². The van der Waals surface area contributed by atoms with Gasteiger partial charge in [-0.1, -0.05) is 58.8 Å². The van der Waals surface area contributed by atoms with Gasteiger partial charge in [0.15, 0.2) is 4.80 Å². The van der Waals surface area contributed by atoms with E-state index in [1.54, 1.807) is 30.5 Å². The Morgan fingerprint density at radius 1 is 1.11 bits per heavy atom. The largest absolute Gasteiger partial charge is 0.491 e. The molecule has 0 bridgehead atoms. The third-order valence-electron chi connectivity index (χ3n) is 6.80. The number of carbonyl (C=O) groups excluding carboxylic acids is 1. The van der Waals surface area contributed by atoms with E-state index in [-0.39, 0.29) is 24.9 Å². The van der Waals surface area contributed by atoms with E-state index < -0.39 is 12.0 Å². The van der Waals surface area contributed by atoms with Gasteiger partial charge in [0.2, 0.25) is 0 Å². The topological polar surface area (TPSA) is 79.1 Å². The van der Waals surface area contributed by atoms with Crippen molar-refractivity contribution in [1.29, 1.82) is 0 Å².